The van der Waals surface area contributed by atoms with E-state index in [1.54, 1.807) is 0 Å². The van der Waals surface area contributed by atoms with Crippen LogP contribution in [0.25, 0.3) is 0 Å². The third kappa shape index (κ3) is 7.05. The van der Waals surface area contributed by atoms with E-state index < -0.39 is 10.0 Å². The van der Waals surface area contributed by atoms with Gasteiger partial charge in [0.25, 0.3) is 0 Å². The van der Waals surface area contributed by atoms with Gasteiger partial charge in [-0.2, -0.15) is 0 Å². The van der Waals surface area contributed by atoms with E-state index in [9.17, 15) is 13.2 Å². The van der Waals surface area contributed by atoms with Crippen molar-refractivity contribution in [3.63, 3.8) is 0 Å². The van der Waals surface area contributed by atoms with Gasteiger partial charge in [0.15, 0.2) is 0 Å². The number of nitrogens with zero attached hydrogens (tertiary/aromatic N) is 2. The lowest BCUT2D eigenvalue weighted by molar-refractivity contribution is -0.133. The Morgan fingerprint density at radius 2 is 2.00 bits per heavy atom. The second-order valence-electron chi connectivity index (χ2n) is 7.27. The maximum atomic E-state index is 12.8. The molecule has 1 heterocycles. The van der Waals surface area contributed by atoms with Crippen molar-refractivity contribution in [3.8, 4) is 0 Å². The molecule has 146 valence electrons. The summed E-state index contributed by atoms with van der Waals surface area (Å²) < 4.78 is 25.6. The minimum atomic E-state index is -3.22. The van der Waals surface area contributed by atoms with Crippen LogP contribution in [0.2, 0.25) is 0 Å². The first kappa shape index (κ1) is 20.9. The number of piperidine rings is 1. The van der Waals surface area contributed by atoms with Gasteiger partial charge in [0, 0.05) is 25.7 Å². The molecule has 0 saturated carbocycles. The van der Waals surface area contributed by atoms with Crippen molar-refractivity contribution < 1.29 is 13.2 Å². The quantitative estimate of drug-likeness (QED) is 0.745. The number of carbonyl (C=O) groups excluding carboxylic acids is 1. The summed E-state index contributed by atoms with van der Waals surface area (Å²) in [7, 11) is -3.22. The van der Waals surface area contributed by atoms with Crippen molar-refractivity contribution in [1.82, 2.24) is 14.5 Å². The smallest absolute Gasteiger partial charge is 0.237 e. The Morgan fingerprint density at radius 1 is 1.31 bits per heavy atom. The van der Waals surface area contributed by atoms with Crippen LogP contribution < -0.4 is 4.72 Å². The highest BCUT2D eigenvalue weighted by Crippen LogP contribution is 2.13. The van der Waals surface area contributed by atoms with Crippen molar-refractivity contribution in [2.75, 3.05) is 32.4 Å². The van der Waals surface area contributed by atoms with Gasteiger partial charge in [-0.25, -0.2) is 13.1 Å². The average molecular weight is 382 g/mol. The molecule has 1 aromatic rings. The predicted octanol–water partition coefficient (Wildman–Crippen LogP) is 1.75. The Hall–Kier alpha value is -1.44. The number of nitrogens with one attached hydrogen (secondary N) is 1. The predicted molar refractivity (Wildman–Crippen MR) is 104 cm³/mol. The third-order valence-corrected chi connectivity index (χ3v) is 5.35. The van der Waals surface area contributed by atoms with Crippen LogP contribution in [0.15, 0.2) is 24.3 Å². The van der Waals surface area contributed by atoms with Gasteiger partial charge >= 0.3 is 0 Å². The van der Waals surface area contributed by atoms with Crippen LogP contribution in [0.5, 0.6) is 0 Å². The molecule has 1 aliphatic rings. The fourth-order valence-corrected chi connectivity index (χ4v) is 4.16. The Balaban J connectivity index is 1.94. The molecule has 7 heteroatoms. The molecule has 1 atom stereocenters. The van der Waals surface area contributed by atoms with E-state index in [1.807, 2.05) is 4.90 Å². The Kier molecular flexibility index (Phi) is 7.61. The van der Waals surface area contributed by atoms with Gasteiger partial charge in [0.2, 0.25) is 15.9 Å². The molecule has 1 aliphatic heterocycles. The van der Waals surface area contributed by atoms with Gasteiger partial charge in [-0.15, -0.1) is 0 Å². The number of rotatable bonds is 8. The number of aryl methyl sites for hydroxylation is 1. The summed E-state index contributed by atoms with van der Waals surface area (Å²) in [5, 5.41) is 0. The normalized spacial score (nSPS) is 18.7. The number of hydrogen-bond donors (Lipinski definition) is 1. The minimum Gasteiger partial charge on any atom is -0.337 e. The van der Waals surface area contributed by atoms with Crippen LogP contribution >= 0.6 is 0 Å². The minimum absolute atomic E-state index is 0.104. The Morgan fingerprint density at radius 3 is 2.62 bits per heavy atom. The van der Waals surface area contributed by atoms with Crippen molar-refractivity contribution >= 4 is 15.9 Å². The van der Waals surface area contributed by atoms with Crippen LogP contribution in [0.1, 0.15) is 37.3 Å². The van der Waals surface area contributed by atoms with Gasteiger partial charge < -0.3 is 4.90 Å². The van der Waals surface area contributed by atoms with E-state index >= 15 is 0 Å². The van der Waals surface area contributed by atoms with Crippen molar-refractivity contribution in [2.24, 2.45) is 0 Å². The van der Waals surface area contributed by atoms with Crippen LogP contribution in [-0.4, -0.2) is 62.6 Å². The topological polar surface area (TPSA) is 69.7 Å². The number of hydrogen-bond acceptors (Lipinski definition) is 4. The van der Waals surface area contributed by atoms with Crippen molar-refractivity contribution in [2.45, 2.75) is 45.7 Å². The molecule has 0 aromatic heterocycles. The maximum absolute atomic E-state index is 12.8. The summed E-state index contributed by atoms with van der Waals surface area (Å²) in [5.41, 5.74) is 2.34. The third-order valence-electron chi connectivity index (χ3n) is 4.59. The molecule has 1 aromatic carbocycles. The molecule has 0 bridgehead atoms. The highest BCUT2D eigenvalue weighted by atomic mass is 32.2. The highest BCUT2D eigenvalue weighted by molar-refractivity contribution is 7.88. The highest BCUT2D eigenvalue weighted by Gasteiger charge is 2.25. The SMILES string of the molecule is CCCN(Cc1ccc(C)cc1)C(=O)CN1CCCC(NS(C)(=O)=O)C1. The standard InChI is InChI=1S/C19H31N3O3S/c1-4-11-22(13-17-9-7-16(2)8-10-17)19(23)15-21-12-5-6-18(14-21)20-26(3,24)25/h7-10,18,20H,4-6,11-15H2,1-3H3. The molecule has 2 rings (SSSR count). The lowest BCUT2D eigenvalue weighted by Gasteiger charge is -2.33. The van der Waals surface area contributed by atoms with Gasteiger partial charge in [-0.1, -0.05) is 36.8 Å². The lowest BCUT2D eigenvalue weighted by atomic mass is 10.1. The fourth-order valence-electron chi connectivity index (χ4n) is 3.37. The number of amides is 1. The van der Waals surface area contributed by atoms with Crippen LogP contribution in [0.3, 0.4) is 0 Å². The van der Waals surface area contributed by atoms with Gasteiger partial charge in [0.1, 0.15) is 0 Å². The zero-order valence-corrected chi connectivity index (χ0v) is 16.9. The molecule has 0 aliphatic carbocycles. The molecule has 1 saturated heterocycles. The molecule has 0 spiro atoms. The molecule has 1 N–H and O–H groups in total. The Labute approximate surface area is 157 Å². The first-order valence-electron chi connectivity index (χ1n) is 9.30. The first-order valence-corrected chi connectivity index (χ1v) is 11.2. The molecular weight excluding hydrogens is 350 g/mol. The average Bonchev–Trinajstić information content (AvgIpc) is 2.55. The van der Waals surface area contributed by atoms with Crippen LogP contribution in [0.4, 0.5) is 0 Å². The summed E-state index contributed by atoms with van der Waals surface area (Å²) >= 11 is 0. The fraction of sp³-hybridized carbons (Fsp3) is 0.632. The molecular formula is C19H31N3O3S. The lowest BCUT2D eigenvalue weighted by Crippen LogP contribution is -2.50. The first-order chi connectivity index (χ1) is 12.3. The summed E-state index contributed by atoms with van der Waals surface area (Å²) in [6.45, 7) is 7.23. The number of sulfonamides is 1. The Bertz CT molecular complexity index is 688. The molecule has 1 amide bonds. The van der Waals surface area contributed by atoms with Crippen LogP contribution in [-0.2, 0) is 21.4 Å². The molecule has 1 unspecified atom stereocenters. The van der Waals surface area contributed by atoms with Crippen molar-refractivity contribution in [1.29, 1.82) is 0 Å². The van der Waals surface area contributed by atoms with E-state index in [-0.39, 0.29) is 11.9 Å². The summed E-state index contributed by atoms with van der Waals surface area (Å²) in [6.07, 6.45) is 3.81. The van der Waals surface area contributed by atoms with Crippen molar-refractivity contribution in [3.05, 3.63) is 35.4 Å². The van der Waals surface area contributed by atoms with E-state index in [1.165, 1.54) is 11.8 Å². The monoisotopic (exact) mass is 381 g/mol. The molecule has 1 fully saturated rings. The van der Waals surface area contributed by atoms with Gasteiger partial charge in [-0.3, -0.25) is 9.69 Å². The molecule has 6 nitrogen and oxygen atoms in total. The maximum Gasteiger partial charge on any atom is 0.237 e. The summed E-state index contributed by atoms with van der Waals surface area (Å²) in [4.78, 5) is 16.8. The molecule has 0 radical (unpaired) electrons. The number of likely N-dealkylation sites (tertiary alicyclic amines) is 1. The van der Waals surface area contributed by atoms with Crippen LogP contribution in [0, 0.1) is 6.92 Å². The largest absolute Gasteiger partial charge is 0.337 e. The van der Waals surface area contributed by atoms with E-state index in [4.69, 9.17) is 0 Å². The number of carbonyl (C=O) groups is 1. The van der Waals surface area contributed by atoms with E-state index in [2.05, 4.69) is 47.7 Å². The summed E-state index contributed by atoms with van der Waals surface area (Å²) in [5.74, 6) is 0.104. The number of benzene rings is 1. The van der Waals surface area contributed by atoms with Gasteiger partial charge in [0.05, 0.1) is 12.8 Å². The zero-order valence-electron chi connectivity index (χ0n) is 16.1. The van der Waals surface area contributed by atoms with Gasteiger partial charge in [-0.05, 0) is 38.3 Å². The van der Waals surface area contributed by atoms with E-state index in [0.717, 1.165) is 37.9 Å². The molecule has 26 heavy (non-hydrogen) atoms. The summed E-state index contributed by atoms with van der Waals surface area (Å²) in [6, 6.07) is 8.16. The zero-order chi connectivity index (χ0) is 19.2. The second-order valence-corrected chi connectivity index (χ2v) is 9.05. The van der Waals surface area contributed by atoms with E-state index in [0.29, 0.717) is 19.6 Å². The second kappa shape index (κ2) is 9.48.